The number of ketones is 1. The summed E-state index contributed by atoms with van der Waals surface area (Å²) < 4.78 is 0.810. The largest absolute Gasteiger partial charge is 0.511 e. The van der Waals surface area contributed by atoms with Crippen molar-refractivity contribution in [1.82, 2.24) is 15.2 Å². The molecule has 6 rings (SSSR count). The first-order valence-electron chi connectivity index (χ1n) is 12.4. The van der Waals surface area contributed by atoms with Crippen LogP contribution in [0.2, 0.25) is 5.02 Å². The van der Waals surface area contributed by atoms with Crippen LogP contribution in [0.3, 0.4) is 0 Å². The van der Waals surface area contributed by atoms with Gasteiger partial charge < -0.3 is 15.0 Å². The average Bonchev–Trinajstić information content (AvgIpc) is 3.43. The molecule has 2 aliphatic heterocycles. The van der Waals surface area contributed by atoms with E-state index in [1.54, 1.807) is 24.4 Å². The lowest BCUT2D eigenvalue weighted by molar-refractivity contribution is -0.137. The number of piperidine rings is 1. The molecule has 3 aliphatic rings. The van der Waals surface area contributed by atoms with E-state index in [0.29, 0.717) is 21.8 Å². The van der Waals surface area contributed by atoms with Gasteiger partial charge >= 0.3 is 0 Å². The molecule has 2 aromatic carbocycles. The van der Waals surface area contributed by atoms with Gasteiger partial charge in [-0.1, -0.05) is 33.6 Å². The Hall–Kier alpha value is -3.76. The number of allylic oxidation sites excluding steroid dienone is 2. The van der Waals surface area contributed by atoms with Crippen LogP contribution in [-0.2, 0) is 20.9 Å². The molecule has 1 fully saturated rings. The number of imide groups is 1. The number of aliphatic hydroxyl groups excluding tert-OH is 1. The highest BCUT2D eigenvalue weighted by Crippen LogP contribution is 2.43. The summed E-state index contributed by atoms with van der Waals surface area (Å²) in [7, 11) is 0. The van der Waals surface area contributed by atoms with Crippen LogP contribution in [0.1, 0.15) is 53.1 Å². The van der Waals surface area contributed by atoms with E-state index in [0.717, 1.165) is 20.9 Å². The zero-order valence-electron chi connectivity index (χ0n) is 20.5. The summed E-state index contributed by atoms with van der Waals surface area (Å²) in [6.07, 6.45) is 3.88. The Bertz CT molecular complexity index is 1660. The Labute approximate surface area is 236 Å². The number of carbonyl (C=O) groups excluding carboxylic acids is 4. The monoisotopic (exact) mass is 608 g/mol. The van der Waals surface area contributed by atoms with Gasteiger partial charge in [0.25, 0.3) is 5.91 Å². The summed E-state index contributed by atoms with van der Waals surface area (Å²) >= 11 is 10.0. The summed E-state index contributed by atoms with van der Waals surface area (Å²) in [4.78, 5) is 59.2. The molecular formula is C28H22BrClN4O5. The van der Waals surface area contributed by atoms with Gasteiger partial charge in [-0.2, -0.15) is 0 Å². The number of aliphatic hydroxyl groups is 1. The molecule has 0 spiro atoms. The van der Waals surface area contributed by atoms with Crippen LogP contribution in [0.15, 0.2) is 57.3 Å². The number of benzene rings is 2. The summed E-state index contributed by atoms with van der Waals surface area (Å²) in [6.45, 7) is 0.157. The van der Waals surface area contributed by atoms with E-state index in [9.17, 15) is 24.3 Å². The molecule has 1 aromatic heterocycles. The third-order valence-electron chi connectivity index (χ3n) is 7.57. The van der Waals surface area contributed by atoms with Crippen LogP contribution in [0.25, 0.3) is 10.9 Å². The van der Waals surface area contributed by atoms with Gasteiger partial charge in [-0.25, -0.2) is 0 Å². The number of Topliss-reactive ketones (excluding diaryl/α,β-unsaturated/α-hetero) is 1. The number of amides is 3. The second-order valence-corrected chi connectivity index (χ2v) is 11.1. The Balaban J connectivity index is 1.27. The molecule has 2 unspecified atom stereocenters. The van der Waals surface area contributed by atoms with Crippen LogP contribution in [0.5, 0.6) is 0 Å². The van der Waals surface area contributed by atoms with Gasteiger partial charge in [-0.15, -0.1) is 0 Å². The number of halogens is 2. The quantitative estimate of drug-likeness (QED) is 0.283. The molecular weight excluding hydrogens is 588 g/mol. The Morgan fingerprint density at radius 2 is 1.95 bits per heavy atom. The van der Waals surface area contributed by atoms with Crippen molar-refractivity contribution >= 4 is 73.8 Å². The van der Waals surface area contributed by atoms with E-state index in [1.165, 1.54) is 11.1 Å². The van der Waals surface area contributed by atoms with Crippen molar-refractivity contribution in [3.05, 3.63) is 74.0 Å². The van der Waals surface area contributed by atoms with Crippen molar-refractivity contribution in [1.29, 1.82) is 0 Å². The first-order chi connectivity index (χ1) is 18.7. The Morgan fingerprint density at radius 1 is 1.13 bits per heavy atom. The van der Waals surface area contributed by atoms with Gasteiger partial charge in [0.15, 0.2) is 5.78 Å². The molecule has 1 aliphatic carbocycles. The Kier molecular flexibility index (Phi) is 6.39. The third kappa shape index (κ3) is 4.37. The van der Waals surface area contributed by atoms with Crippen LogP contribution in [0, 0.1) is 0 Å². The summed E-state index contributed by atoms with van der Waals surface area (Å²) in [5, 5.41) is 14.6. The molecule has 39 heavy (non-hydrogen) atoms. The van der Waals surface area contributed by atoms with E-state index < -0.39 is 11.9 Å². The summed E-state index contributed by atoms with van der Waals surface area (Å²) in [6, 6.07) is 8.12. The van der Waals surface area contributed by atoms with Crippen molar-refractivity contribution in [3.8, 4) is 0 Å². The van der Waals surface area contributed by atoms with Crippen LogP contribution >= 0.6 is 27.5 Å². The van der Waals surface area contributed by atoms with Gasteiger partial charge in [-0.3, -0.25) is 29.5 Å². The molecule has 0 bridgehead atoms. The molecule has 9 nitrogen and oxygen atoms in total. The molecule has 0 radical (unpaired) electrons. The minimum Gasteiger partial charge on any atom is -0.511 e. The van der Waals surface area contributed by atoms with Crippen LogP contribution in [-0.4, -0.2) is 50.8 Å². The number of hydrogen-bond donors (Lipinski definition) is 3. The minimum atomic E-state index is -0.736. The fourth-order valence-corrected chi connectivity index (χ4v) is 6.58. The lowest BCUT2D eigenvalue weighted by Gasteiger charge is -2.29. The van der Waals surface area contributed by atoms with E-state index >= 15 is 0 Å². The maximum Gasteiger partial charge on any atom is 0.255 e. The zero-order valence-corrected chi connectivity index (χ0v) is 22.8. The number of nitrogens with one attached hydrogen (secondary N) is 2. The van der Waals surface area contributed by atoms with Gasteiger partial charge in [0.1, 0.15) is 11.8 Å². The van der Waals surface area contributed by atoms with Crippen molar-refractivity contribution in [2.24, 2.45) is 4.99 Å². The van der Waals surface area contributed by atoms with Crippen molar-refractivity contribution < 1.29 is 24.3 Å². The van der Waals surface area contributed by atoms with Crippen LogP contribution in [0.4, 0.5) is 5.69 Å². The van der Waals surface area contributed by atoms with Crippen molar-refractivity contribution in [2.45, 2.75) is 44.2 Å². The number of aromatic amines is 1. The second-order valence-electron chi connectivity index (χ2n) is 9.87. The smallest absolute Gasteiger partial charge is 0.255 e. The molecule has 3 heterocycles. The average molecular weight is 610 g/mol. The molecule has 3 N–H and O–H groups in total. The molecule has 3 amide bonds. The molecule has 198 valence electrons. The molecule has 2 atom stereocenters. The first-order valence-corrected chi connectivity index (χ1v) is 13.6. The Morgan fingerprint density at radius 3 is 2.72 bits per heavy atom. The van der Waals surface area contributed by atoms with Crippen LogP contribution < -0.4 is 5.32 Å². The topological polar surface area (TPSA) is 132 Å². The third-order valence-corrected chi connectivity index (χ3v) is 8.56. The predicted octanol–water partition coefficient (Wildman–Crippen LogP) is 5.01. The normalized spacial score (nSPS) is 21.8. The van der Waals surface area contributed by atoms with E-state index in [1.807, 2.05) is 12.1 Å². The van der Waals surface area contributed by atoms with Gasteiger partial charge in [-0.05, 0) is 42.2 Å². The highest BCUT2D eigenvalue weighted by molar-refractivity contribution is 9.10. The lowest BCUT2D eigenvalue weighted by atomic mass is 9.81. The molecule has 3 aromatic rings. The van der Waals surface area contributed by atoms with E-state index in [-0.39, 0.29) is 67.1 Å². The predicted molar refractivity (Wildman–Crippen MR) is 148 cm³/mol. The number of aromatic nitrogens is 1. The number of H-pyrrole nitrogens is 1. The number of fused-ring (bicyclic) bond motifs is 2. The number of aliphatic imine (C=N–C) groups is 1. The highest BCUT2D eigenvalue weighted by atomic mass is 79.9. The number of hydrogen-bond acceptors (Lipinski definition) is 6. The number of nitrogens with zero attached hydrogens (tertiary/aromatic N) is 2. The van der Waals surface area contributed by atoms with Crippen molar-refractivity contribution in [2.75, 3.05) is 0 Å². The molecule has 11 heteroatoms. The van der Waals surface area contributed by atoms with Gasteiger partial charge in [0.2, 0.25) is 11.8 Å². The van der Waals surface area contributed by atoms with Crippen molar-refractivity contribution in [3.63, 3.8) is 0 Å². The zero-order chi connectivity index (χ0) is 27.4. The standard InChI is InChI=1S/C28H22BrClN4O5/c29-17-4-5-20-26(18(30)11-32-20)25(17)13-8-22(35)15(23(36)9-13)10-31-19-3-1-2-14-16(19)12-34(28(14)39)21-6-7-24(37)33-27(21)38/h1-5,10-11,13,21,32,35H,6-9,12H2,(H,33,37,38). The maximum absolute atomic E-state index is 13.2. The summed E-state index contributed by atoms with van der Waals surface area (Å²) in [5.41, 5.74) is 3.35. The van der Waals surface area contributed by atoms with Gasteiger partial charge in [0, 0.05) is 64.7 Å². The minimum absolute atomic E-state index is 0.0654. The lowest BCUT2D eigenvalue weighted by Crippen LogP contribution is -2.52. The first kappa shape index (κ1) is 25.5. The fourth-order valence-electron chi connectivity index (χ4n) is 5.67. The highest BCUT2D eigenvalue weighted by Gasteiger charge is 2.40. The van der Waals surface area contributed by atoms with E-state index in [4.69, 9.17) is 11.6 Å². The maximum atomic E-state index is 13.2. The second kappa shape index (κ2) is 9.77. The molecule has 1 saturated heterocycles. The van der Waals surface area contributed by atoms with E-state index in [2.05, 4.69) is 31.2 Å². The fraction of sp³-hybridized carbons (Fsp3) is 0.250. The number of rotatable bonds is 4. The number of carbonyl (C=O) groups is 4. The summed E-state index contributed by atoms with van der Waals surface area (Å²) in [5.74, 6) is -1.74. The molecule has 0 saturated carbocycles. The van der Waals surface area contributed by atoms with Gasteiger partial charge in [0.05, 0.1) is 16.3 Å². The SMILES string of the molecule is O=C1CCC(N2Cc3c(N=CC4=C(O)CC(c5c(Br)ccc6[nH]cc(Cl)c56)CC4=O)cccc3C2=O)C(=O)N1.